The van der Waals surface area contributed by atoms with Crippen LogP contribution in [0, 0.1) is 0 Å². The molecule has 0 spiro atoms. The molecule has 0 bridgehead atoms. The highest BCUT2D eigenvalue weighted by molar-refractivity contribution is 5.29. The third kappa shape index (κ3) is 2.31. The molecule has 0 aliphatic carbocycles. The van der Waals surface area contributed by atoms with Gasteiger partial charge in [0.05, 0.1) is 24.1 Å². The fourth-order valence-corrected chi connectivity index (χ4v) is 2.03. The number of aromatic nitrogens is 5. The van der Waals surface area contributed by atoms with Crippen LogP contribution in [-0.2, 0) is 7.05 Å². The molecule has 1 unspecified atom stereocenters. The van der Waals surface area contributed by atoms with E-state index < -0.39 is 0 Å². The second kappa shape index (κ2) is 5.24. The Bertz CT molecular complexity index is 686. The molecule has 0 saturated heterocycles. The van der Waals surface area contributed by atoms with Gasteiger partial charge >= 0.3 is 0 Å². The number of para-hydroxylation sites is 1. The van der Waals surface area contributed by atoms with Crippen LogP contribution in [0.4, 0.5) is 0 Å². The van der Waals surface area contributed by atoms with Crippen LogP contribution in [0.3, 0.4) is 0 Å². The summed E-state index contributed by atoms with van der Waals surface area (Å²) >= 11 is 0. The third-order valence-electron chi connectivity index (χ3n) is 3.02. The molecule has 1 aromatic carbocycles. The summed E-state index contributed by atoms with van der Waals surface area (Å²) in [6.45, 7) is 0. The molecule has 7 nitrogen and oxygen atoms in total. The van der Waals surface area contributed by atoms with E-state index in [0.717, 1.165) is 16.9 Å². The van der Waals surface area contributed by atoms with Gasteiger partial charge in [-0.25, -0.2) is 5.43 Å². The maximum absolute atomic E-state index is 5.63. The van der Waals surface area contributed by atoms with Crippen molar-refractivity contribution in [2.24, 2.45) is 12.9 Å². The average Bonchev–Trinajstić information content (AvgIpc) is 3.11. The number of hydrogen-bond donors (Lipinski definition) is 2. The monoisotopic (exact) mass is 269 g/mol. The van der Waals surface area contributed by atoms with Gasteiger partial charge < -0.3 is 0 Å². The minimum absolute atomic E-state index is 0.235. The predicted octanol–water partition coefficient (Wildman–Crippen LogP) is 0.553. The second-order valence-electron chi connectivity index (χ2n) is 4.44. The van der Waals surface area contributed by atoms with Crippen LogP contribution >= 0.6 is 0 Å². The van der Waals surface area contributed by atoms with Gasteiger partial charge in [0.25, 0.3) is 0 Å². The second-order valence-corrected chi connectivity index (χ2v) is 4.44. The molecule has 2 heterocycles. The SMILES string of the molecule is Cn1cc(C(NN)c2cnn(-c3ccccc3)n2)cn1. The normalized spacial score (nSPS) is 12.5. The van der Waals surface area contributed by atoms with E-state index in [1.165, 1.54) is 0 Å². The first-order valence-corrected chi connectivity index (χ1v) is 6.20. The Balaban J connectivity index is 1.92. The lowest BCUT2D eigenvalue weighted by atomic mass is 10.1. The molecule has 0 aliphatic rings. The number of rotatable bonds is 4. The fourth-order valence-electron chi connectivity index (χ4n) is 2.03. The Hall–Kier alpha value is -2.51. The molecule has 102 valence electrons. The molecule has 0 radical (unpaired) electrons. The van der Waals surface area contributed by atoms with E-state index in [4.69, 9.17) is 5.84 Å². The molecule has 3 N–H and O–H groups in total. The molecular weight excluding hydrogens is 254 g/mol. The maximum Gasteiger partial charge on any atom is 0.106 e. The Morgan fingerprint density at radius 3 is 2.60 bits per heavy atom. The van der Waals surface area contributed by atoms with Crippen molar-refractivity contribution in [1.29, 1.82) is 0 Å². The van der Waals surface area contributed by atoms with E-state index in [0.29, 0.717) is 0 Å². The zero-order valence-electron chi connectivity index (χ0n) is 11.0. The van der Waals surface area contributed by atoms with E-state index in [-0.39, 0.29) is 6.04 Å². The van der Waals surface area contributed by atoms with Crippen molar-refractivity contribution < 1.29 is 0 Å². The lowest BCUT2D eigenvalue weighted by molar-refractivity contribution is 0.608. The van der Waals surface area contributed by atoms with Crippen LogP contribution in [0.25, 0.3) is 5.69 Å². The summed E-state index contributed by atoms with van der Waals surface area (Å²) in [7, 11) is 1.86. The highest BCUT2D eigenvalue weighted by Crippen LogP contribution is 2.18. The molecule has 0 fully saturated rings. The molecule has 3 rings (SSSR count). The smallest absolute Gasteiger partial charge is 0.106 e. The first kappa shape index (κ1) is 12.5. The van der Waals surface area contributed by atoms with Crippen LogP contribution in [0.5, 0.6) is 0 Å². The summed E-state index contributed by atoms with van der Waals surface area (Å²) in [4.78, 5) is 1.58. The third-order valence-corrected chi connectivity index (χ3v) is 3.02. The standard InChI is InChI=1S/C13H15N7/c1-19-9-10(7-15-19)13(17-14)12-8-16-20(18-12)11-5-3-2-4-6-11/h2-9,13,17H,14H2,1H3. The maximum atomic E-state index is 5.63. The lowest BCUT2D eigenvalue weighted by Crippen LogP contribution is -2.29. The number of nitrogens with one attached hydrogen (secondary N) is 1. The van der Waals surface area contributed by atoms with Gasteiger partial charge in [0.2, 0.25) is 0 Å². The minimum Gasteiger partial charge on any atom is -0.275 e. The molecule has 0 amide bonds. The fraction of sp³-hybridized carbons (Fsp3) is 0.154. The first-order valence-electron chi connectivity index (χ1n) is 6.20. The van der Waals surface area contributed by atoms with Gasteiger partial charge in [-0.05, 0) is 12.1 Å². The number of hydrazine groups is 1. The number of nitrogens with two attached hydrogens (primary N) is 1. The quantitative estimate of drug-likeness (QED) is 0.533. The summed E-state index contributed by atoms with van der Waals surface area (Å²) in [6, 6.07) is 9.49. The number of nitrogens with zero attached hydrogens (tertiary/aromatic N) is 5. The molecule has 3 aromatic rings. The van der Waals surface area contributed by atoms with Crippen molar-refractivity contribution in [3.8, 4) is 5.69 Å². The highest BCUT2D eigenvalue weighted by atomic mass is 15.5. The van der Waals surface area contributed by atoms with E-state index in [1.54, 1.807) is 21.9 Å². The topological polar surface area (TPSA) is 86.6 Å². The zero-order valence-corrected chi connectivity index (χ0v) is 11.0. The summed E-state index contributed by atoms with van der Waals surface area (Å²) in [5.74, 6) is 5.63. The van der Waals surface area contributed by atoms with Crippen molar-refractivity contribution in [2.75, 3.05) is 0 Å². The Labute approximate surface area is 116 Å². The molecular formula is C13H15N7. The minimum atomic E-state index is -0.235. The van der Waals surface area contributed by atoms with Crippen molar-refractivity contribution in [1.82, 2.24) is 30.2 Å². The van der Waals surface area contributed by atoms with Gasteiger partial charge in [-0.1, -0.05) is 18.2 Å². The summed E-state index contributed by atoms with van der Waals surface area (Å²) in [5, 5.41) is 12.9. The van der Waals surface area contributed by atoms with Crippen molar-refractivity contribution in [2.45, 2.75) is 6.04 Å². The predicted molar refractivity (Wildman–Crippen MR) is 73.7 cm³/mol. The highest BCUT2D eigenvalue weighted by Gasteiger charge is 2.18. The van der Waals surface area contributed by atoms with Gasteiger partial charge in [-0.3, -0.25) is 10.5 Å². The number of hydrogen-bond acceptors (Lipinski definition) is 5. The first-order chi connectivity index (χ1) is 9.78. The van der Waals surface area contributed by atoms with E-state index in [9.17, 15) is 0 Å². The Morgan fingerprint density at radius 1 is 1.15 bits per heavy atom. The van der Waals surface area contributed by atoms with Crippen LogP contribution in [0.15, 0.2) is 48.9 Å². The molecule has 7 heteroatoms. The molecule has 0 aliphatic heterocycles. The van der Waals surface area contributed by atoms with E-state index in [1.807, 2.05) is 43.6 Å². The largest absolute Gasteiger partial charge is 0.275 e. The van der Waals surface area contributed by atoms with Crippen LogP contribution in [-0.4, -0.2) is 24.8 Å². The van der Waals surface area contributed by atoms with Gasteiger partial charge in [0.1, 0.15) is 5.69 Å². The Morgan fingerprint density at radius 2 is 1.95 bits per heavy atom. The Kier molecular flexibility index (Phi) is 3.28. The van der Waals surface area contributed by atoms with Crippen LogP contribution < -0.4 is 11.3 Å². The van der Waals surface area contributed by atoms with Gasteiger partial charge in [0.15, 0.2) is 0 Å². The number of aryl methyl sites for hydroxylation is 1. The summed E-state index contributed by atoms with van der Waals surface area (Å²) in [5.41, 5.74) is 5.33. The van der Waals surface area contributed by atoms with E-state index >= 15 is 0 Å². The number of benzene rings is 1. The lowest BCUT2D eigenvalue weighted by Gasteiger charge is -2.10. The van der Waals surface area contributed by atoms with Crippen molar-refractivity contribution in [3.05, 3.63) is 60.2 Å². The van der Waals surface area contributed by atoms with Crippen LogP contribution in [0.1, 0.15) is 17.3 Å². The summed E-state index contributed by atoms with van der Waals surface area (Å²) in [6.07, 6.45) is 5.35. The van der Waals surface area contributed by atoms with Gasteiger partial charge in [-0.2, -0.15) is 20.1 Å². The van der Waals surface area contributed by atoms with Crippen LogP contribution in [0.2, 0.25) is 0 Å². The van der Waals surface area contributed by atoms with Crippen molar-refractivity contribution in [3.63, 3.8) is 0 Å². The molecule has 2 aromatic heterocycles. The zero-order chi connectivity index (χ0) is 13.9. The van der Waals surface area contributed by atoms with Gasteiger partial charge in [-0.15, -0.1) is 0 Å². The molecule has 0 saturated carbocycles. The average molecular weight is 269 g/mol. The van der Waals surface area contributed by atoms with Gasteiger partial charge in [0, 0.05) is 18.8 Å². The molecule has 1 atom stereocenters. The van der Waals surface area contributed by atoms with Crippen molar-refractivity contribution >= 4 is 0 Å². The summed E-state index contributed by atoms with van der Waals surface area (Å²) < 4.78 is 1.72. The molecule has 20 heavy (non-hydrogen) atoms. The van der Waals surface area contributed by atoms with E-state index in [2.05, 4.69) is 20.7 Å².